The molecule has 0 amide bonds. The van der Waals surface area contributed by atoms with Crippen LogP contribution in [0.4, 0.5) is 0 Å². The van der Waals surface area contributed by atoms with E-state index in [4.69, 9.17) is 4.74 Å². The first-order chi connectivity index (χ1) is 8.72. The van der Waals surface area contributed by atoms with Crippen molar-refractivity contribution in [2.75, 3.05) is 26.2 Å². The molecule has 0 aromatic carbocycles. The second kappa shape index (κ2) is 6.05. The molecular formula is C14H23N2O2+. The van der Waals surface area contributed by atoms with Gasteiger partial charge in [-0.15, -0.1) is 0 Å². The van der Waals surface area contributed by atoms with Crippen molar-refractivity contribution in [3.63, 3.8) is 0 Å². The standard InChI is InChI=1S/C14H22N2O2/c1-3-16-9-6-13(17)14(12(16)2)18-11-10-15-7-4-5-8-15/h6,9H,3-5,7-8,10-11H2,1-2H3/p+1. The van der Waals surface area contributed by atoms with Gasteiger partial charge in [0.15, 0.2) is 11.9 Å². The van der Waals surface area contributed by atoms with E-state index in [0.717, 1.165) is 18.8 Å². The largest absolute Gasteiger partial charge is 0.504 e. The molecule has 2 rings (SSSR count). The number of aryl methyl sites for hydroxylation is 1. The minimum absolute atomic E-state index is 0.235. The Labute approximate surface area is 109 Å². The molecule has 0 bridgehead atoms. The molecule has 2 heterocycles. The van der Waals surface area contributed by atoms with E-state index in [-0.39, 0.29) is 5.75 Å². The van der Waals surface area contributed by atoms with Crippen molar-refractivity contribution in [2.24, 2.45) is 0 Å². The Morgan fingerprint density at radius 2 is 2.11 bits per heavy atom. The van der Waals surface area contributed by atoms with Gasteiger partial charge in [0.1, 0.15) is 13.2 Å². The number of pyridine rings is 1. The highest BCUT2D eigenvalue weighted by molar-refractivity contribution is 5.38. The fraction of sp³-hybridized carbons (Fsp3) is 0.643. The lowest BCUT2D eigenvalue weighted by Gasteiger charge is -2.15. The van der Waals surface area contributed by atoms with Gasteiger partial charge in [-0.2, -0.15) is 4.57 Å². The van der Waals surface area contributed by atoms with Crippen molar-refractivity contribution < 1.29 is 14.4 Å². The van der Waals surface area contributed by atoms with E-state index in [1.807, 2.05) is 13.1 Å². The third-order valence-electron chi connectivity index (χ3n) is 3.60. The number of likely N-dealkylation sites (tertiary alicyclic amines) is 1. The zero-order valence-electron chi connectivity index (χ0n) is 11.4. The predicted octanol–water partition coefficient (Wildman–Crippen LogP) is 1.48. The van der Waals surface area contributed by atoms with E-state index in [1.54, 1.807) is 6.07 Å². The quantitative estimate of drug-likeness (QED) is 0.805. The van der Waals surface area contributed by atoms with Crippen molar-refractivity contribution in [2.45, 2.75) is 33.2 Å². The first-order valence-electron chi connectivity index (χ1n) is 6.79. The summed E-state index contributed by atoms with van der Waals surface area (Å²) in [6.45, 7) is 8.89. The summed E-state index contributed by atoms with van der Waals surface area (Å²) in [6.07, 6.45) is 4.48. The minimum atomic E-state index is 0.235. The van der Waals surface area contributed by atoms with E-state index < -0.39 is 0 Å². The molecule has 4 heteroatoms. The van der Waals surface area contributed by atoms with Crippen LogP contribution in [0.25, 0.3) is 0 Å². The van der Waals surface area contributed by atoms with Gasteiger partial charge in [-0.1, -0.05) is 0 Å². The number of hydrogen-bond donors (Lipinski definition) is 1. The number of aromatic nitrogens is 1. The highest BCUT2D eigenvalue weighted by Crippen LogP contribution is 2.26. The van der Waals surface area contributed by atoms with Gasteiger partial charge in [-0.05, 0) is 32.9 Å². The van der Waals surface area contributed by atoms with Crippen LogP contribution in [0.1, 0.15) is 25.5 Å². The summed E-state index contributed by atoms with van der Waals surface area (Å²) in [5.41, 5.74) is 0.985. The molecule has 1 aromatic rings. The van der Waals surface area contributed by atoms with Crippen LogP contribution < -0.4 is 9.30 Å². The number of ether oxygens (including phenoxy) is 1. The van der Waals surface area contributed by atoms with Crippen LogP contribution >= 0.6 is 0 Å². The second-order valence-electron chi connectivity index (χ2n) is 4.80. The minimum Gasteiger partial charge on any atom is -0.504 e. The molecular weight excluding hydrogens is 228 g/mol. The Morgan fingerprint density at radius 3 is 2.78 bits per heavy atom. The van der Waals surface area contributed by atoms with Crippen LogP contribution in [0.3, 0.4) is 0 Å². The lowest BCUT2D eigenvalue weighted by atomic mass is 10.3. The monoisotopic (exact) mass is 251 g/mol. The van der Waals surface area contributed by atoms with Gasteiger partial charge >= 0.3 is 0 Å². The molecule has 1 saturated heterocycles. The van der Waals surface area contributed by atoms with Gasteiger partial charge in [0.05, 0.1) is 0 Å². The first kappa shape index (κ1) is 13.1. The van der Waals surface area contributed by atoms with Crippen molar-refractivity contribution in [1.82, 2.24) is 4.90 Å². The molecule has 1 fully saturated rings. The predicted molar refractivity (Wildman–Crippen MR) is 69.9 cm³/mol. The molecule has 1 aliphatic rings. The van der Waals surface area contributed by atoms with Crippen LogP contribution in [0.15, 0.2) is 12.3 Å². The van der Waals surface area contributed by atoms with Crippen molar-refractivity contribution >= 4 is 0 Å². The molecule has 100 valence electrons. The van der Waals surface area contributed by atoms with Gasteiger partial charge < -0.3 is 9.84 Å². The fourth-order valence-electron chi connectivity index (χ4n) is 2.47. The third kappa shape index (κ3) is 2.93. The molecule has 0 atom stereocenters. The Morgan fingerprint density at radius 1 is 1.39 bits per heavy atom. The topological polar surface area (TPSA) is 36.6 Å². The SMILES string of the molecule is CC[n+]1ccc(O)c(OCCN2CCCC2)c1C. The number of nitrogens with zero attached hydrogens (tertiary/aromatic N) is 2. The lowest BCUT2D eigenvalue weighted by molar-refractivity contribution is -0.699. The number of hydrogen-bond acceptors (Lipinski definition) is 3. The summed E-state index contributed by atoms with van der Waals surface area (Å²) < 4.78 is 7.83. The molecule has 1 aromatic heterocycles. The summed E-state index contributed by atoms with van der Waals surface area (Å²) in [5, 5.41) is 9.85. The molecule has 0 saturated carbocycles. The molecule has 0 spiro atoms. The van der Waals surface area contributed by atoms with Gasteiger partial charge in [0.2, 0.25) is 11.4 Å². The van der Waals surface area contributed by atoms with Crippen LogP contribution in [0.2, 0.25) is 0 Å². The molecule has 0 radical (unpaired) electrons. The maximum absolute atomic E-state index is 9.85. The molecule has 4 nitrogen and oxygen atoms in total. The second-order valence-corrected chi connectivity index (χ2v) is 4.80. The van der Waals surface area contributed by atoms with Crippen LogP contribution in [0, 0.1) is 6.92 Å². The molecule has 18 heavy (non-hydrogen) atoms. The maximum atomic E-state index is 9.85. The van der Waals surface area contributed by atoms with E-state index >= 15 is 0 Å². The zero-order valence-corrected chi connectivity index (χ0v) is 11.4. The van der Waals surface area contributed by atoms with Crippen molar-refractivity contribution in [3.8, 4) is 11.5 Å². The van der Waals surface area contributed by atoms with E-state index in [1.165, 1.54) is 25.9 Å². The summed E-state index contributed by atoms with van der Waals surface area (Å²) >= 11 is 0. The molecule has 0 unspecified atom stereocenters. The van der Waals surface area contributed by atoms with Crippen LogP contribution in [-0.4, -0.2) is 36.2 Å². The fourth-order valence-corrected chi connectivity index (χ4v) is 2.47. The smallest absolute Gasteiger partial charge is 0.228 e. The third-order valence-corrected chi connectivity index (χ3v) is 3.60. The first-order valence-corrected chi connectivity index (χ1v) is 6.79. The van der Waals surface area contributed by atoms with Gasteiger partial charge in [0, 0.05) is 19.5 Å². The van der Waals surface area contributed by atoms with E-state index in [0.29, 0.717) is 12.4 Å². The van der Waals surface area contributed by atoms with E-state index in [9.17, 15) is 5.11 Å². The van der Waals surface area contributed by atoms with E-state index in [2.05, 4.69) is 16.4 Å². The summed E-state index contributed by atoms with van der Waals surface area (Å²) in [5.74, 6) is 0.858. The highest BCUT2D eigenvalue weighted by Gasteiger charge is 2.17. The molecule has 1 aliphatic heterocycles. The number of aromatic hydroxyl groups is 1. The number of rotatable bonds is 5. The van der Waals surface area contributed by atoms with Crippen molar-refractivity contribution in [3.05, 3.63) is 18.0 Å². The average molecular weight is 251 g/mol. The summed E-state index contributed by atoms with van der Waals surface area (Å²) in [6, 6.07) is 1.70. The Hall–Kier alpha value is -1.29. The van der Waals surface area contributed by atoms with Gasteiger partial charge in [-0.3, -0.25) is 4.90 Å². The van der Waals surface area contributed by atoms with Crippen LogP contribution in [0.5, 0.6) is 11.5 Å². The Bertz CT molecular complexity index is 401. The maximum Gasteiger partial charge on any atom is 0.228 e. The van der Waals surface area contributed by atoms with Crippen LogP contribution in [-0.2, 0) is 6.54 Å². The lowest BCUT2D eigenvalue weighted by Crippen LogP contribution is -2.36. The Kier molecular flexibility index (Phi) is 4.42. The van der Waals surface area contributed by atoms with Gasteiger partial charge in [0.25, 0.3) is 0 Å². The normalized spacial score (nSPS) is 16.1. The highest BCUT2D eigenvalue weighted by atomic mass is 16.5. The Balaban J connectivity index is 1.95. The van der Waals surface area contributed by atoms with Gasteiger partial charge in [-0.25, -0.2) is 0 Å². The summed E-state index contributed by atoms with van der Waals surface area (Å²) in [4.78, 5) is 2.41. The average Bonchev–Trinajstić information content (AvgIpc) is 2.86. The molecule has 1 N–H and O–H groups in total. The van der Waals surface area contributed by atoms with Crippen molar-refractivity contribution in [1.29, 1.82) is 0 Å². The molecule has 0 aliphatic carbocycles. The zero-order chi connectivity index (χ0) is 13.0. The summed E-state index contributed by atoms with van der Waals surface area (Å²) in [7, 11) is 0.